The van der Waals surface area contributed by atoms with Crippen molar-refractivity contribution in [3.05, 3.63) is 29.8 Å². The van der Waals surface area contributed by atoms with Crippen molar-refractivity contribution in [2.75, 3.05) is 18.4 Å². The Balaban J connectivity index is 2.18. The molecule has 4 nitrogen and oxygen atoms in total. The Bertz CT molecular complexity index is 498. The number of hydrogen-bond acceptors (Lipinski definition) is 3. The summed E-state index contributed by atoms with van der Waals surface area (Å²) in [7, 11) is 0. The molecule has 1 aromatic carbocycles. The normalized spacial score (nSPS) is 17.5. The van der Waals surface area contributed by atoms with E-state index in [0.717, 1.165) is 32.4 Å². The molecule has 4 heteroatoms. The molecule has 2 rings (SSSR count). The van der Waals surface area contributed by atoms with Crippen molar-refractivity contribution >= 4 is 11.6 Å². The van der Waals surface area contributed by atoms with E-state index in [2.05, 4.69) is 23.6 Å². The SMILES string of the molecule is CCC1(C(=O)Nc2ccccc2C#N)CCNCC1. The van der Waals surface area contributed by atoms with E-state index < -0.39 is 0 Å². The van der Waals surface area contributed by atoms with Gasteiger partial charge in [0, 0.05) is 0 Å². The Morgan fingerprint density at radius 2 is 2.11 bits per heavy atom. The van der Waals surface area contributed by atoms with Crippen molar-refractivity contribution in [3.8, 4) is 6.07 Å². The second-order valence-corrected chi connectivity index (χ2v) is 5.00. The van der Waals surface area contributed by atoms with E-state index >= 15 is 0 Å². The molecule has 2 N–H and O–H groups in total. The maximum atomic E-state index is 12.5. The minimum atomic E-state index is -0.298. The van der Waals surface area contributed by atoms with Crippen LogP contribution >= 0.6 is 0 Å². The Morgan fingerprint density at radius 3 is 2.74 bits per heavy atom. The third kappa shape index (κ3) is 2.77. The monoisotopic (exact) mass is 257 g/mol. The van der Waals surface area contributed by atoms with Crippen molar-refractivity contribution in [3.63, 3.8) is 0 Å². The second-order valence-electron chi connectivity index (χ2n) is 5.00. The fourth-order valence-electron chi connectivity index (χ4n) is 2.59. The number of para-hydroxylation sites is 1. The minimum absolute atomic E-state index is 0.0409. The Morgan fingerprint density at radius 1 is 1.42 bits per heavy atom. The molecule has 1 saturated heterocycles. The summed E-state index contributed by atoms with van der Waals surface area (Å²) >= 11 is 0. The largest absolute Gasteiger partial charge is 0.324 e. The number of carbonyl (C=O) groups is 1. The summed E-state index contributed by atoms with van der Waals surface area (Å²) in [6.45, 7) is 3.81. The first-order valence-corrected chi connectivity index (χ1v) is 6.73. The third-order valence-corrected chi connectivity index (χ3v) is 4.01. The first-order chi connectivity index (χ1) is 9.22. The van der Waals surface area contributed by atoms with Crippen LogP contribution in [0.4, 0.5) is 5.69 Å². The number of nitriles is 1. The molecule has 19 heavy (non-hydrogen) atoms. The van der Waals surface area contributed by atoms with E-state index in [1.165, 1.54) is 0 Å². The molecule has 0 saturated carbocycles. The highest BCUT2D eigenvalue weighted by molar-refractivity contribution is 5.96. The molecule has 1 amide bonds. The smallest absolute Gasteiger partial charge is 0.230 e. The van der Waals surface area contributed by atoms with Gasteiger partial charge in [0.2, 0.25) is 5.91 Å². The van der Waals surface area contributed by atoms with Gasteiger partial charge in [-0.3, -0.25) is 4.79 Å². The van der Waals surface area contributed by atoms with Gasteiger partial charge < -0.3 is 10.6 Å². The summed E-state index contributed by atoms with van der Waals surface area (Å²) in [6.07, 6.45) is 2.53. The Kier molecular flexibility index (Phi) is 4.18. The summed E-state index contributed by atoms with van der Waals surface area (Å²) < 4.78 is 0. The molecule has 1 heterocycles. The molecular weight excluding hydrogens is 238 g/mol. The van der Waals surface area contributed by atoms with Gasteiger partial charge in [-0.25, -0.2) is 0 Å². The molecule has 0 atom stereocenters. The van der Waals surface area contributed by atoms with Crippen LogP contribution in [-0.2, 0) is 4.79 Å². The van der Waals surface area contributed by atoms with Crippen LogP contribution in [0.15, 0.2) is 24.3 Å². The predicted molar refractivity (Wildman–Crippen MR) is 74.6 cm³/mol. The lowest BCUT2D eigenvalue weighted by Gasteiger charge is -2.35. The second kappa shape index (κ2) is 5.85. The van der Waals surface area contributed by atoms with Crippen LogP contribution < -0.4 is 10.6 Å². The molecular formula is C15H19N3O. The number of nitrogens with zero attached hydrogens (tertiary/aromatic N) is 1. The van der Waals surface area contributed by atoms with Crippen molar-refractivity contribution in [1.29, 1.82) is 5.26 Å². The zero-order valence-electron chi connectivity index (χ0n) is 11.2. The zero-order valence-corrected chi connectivity index (χ0v) is 11.2. The number of nitrogens with one attached hydrogen (secondary N) is 2. The number of benzene rings is 1. The molecule has 1 fully saturated rings. The van der Waals surface area contributed by atoms with Gasteiger partial charge in [0.05, 0.1) is 16.7 Å². The van der Waals surface area contributed by atoms with E-state index in [-0.39, 0.29) is 11.3 Å². The standard InChI is InChI=1S/C15H19N3O/c1-2-15(7-9-17-10-8-15)14(19)18-13-6-4-3-5-12(13)11-16/h3-6,17H,2,7-10H2,1H3,(H,18,19). The van der Waals surface area contributed by atoms with Crippen molar-refractivity contribution in [1.82, 2.24) is 5.32 Å². The van der Waals surface area contributed by atoms with Crippen LogP contribution in [-0.4, -0.2) is 19.0 Å². The van der Waals surface area contributed by atoms with Gasteiger partial charge in [-0.2, -0.15) is 5.26 Å². The van der Waals surface area contributed by atoms with Gasteiger partial charge in [-0.05, 0) is 44.5 Å². The van der Waals surface area contributed by atoms with Gasteiger partial charge in [-0.1, -0.05) is 19.1 Å². The number of hydrogen-bond donors (Lipinski definition) is 2. The maximum Gasteiger partial charge on any atom is 0.230 e. The molecule has 0 aliphatic carbocycles. The summed E-state index contributed by atoms with van der Waals surface area (Å²) in [5.41, 5.74) is 0.825. The van der Waals surface area contributed by atoms with E-state index in [1.807, 2.05) is 6.07 Å². The van der Waals surface area contributed by atoms with E-state index in [4.69, 9.17) is 5.26 Å². The number of anilines is 1. The Labute approximate surface area is 113 Å². The number of carbonyl (C=O) groups excluding carboxylic acids is 1. The van der Waals surface area contributed by atoms with Gasteiger partial charge >= 0.3 is 0 Å². The topological polar surface area (TPSA) is 64.9 Å². The fraction of sp³-hybridized carbons (Fsp3) is 0.467. The molecule has 1 aliphatic rings. The van der Waals surface area contributed by atoms with Crippen molar-refractivity contribution in [2.24, 2.45) is 5.41 Å². The molecule has 1 aliphatic heterocycles. The van der Waals surface area contributed by atoms with E-state index in [1.54, 1.807) is 18.2 Å². The lowest BCUT2D eigenvalue weighted by Crippen LogP contribution is -2.44. The first-order valence-electron chi connectivity index (χ1n) is 6.73. The molecule has 0 bridgehead atoms. The highest BCUT2D eigenvalue weighted by Gasteiger charge is 2.37. The third-order valence-electron chi connectivity index (χ3n) is 4.01. The molecule has 0 unspecified atom stereocenters. The summed E-state index contributed by atoms with van der Waals surface area (Å²) in [5.74, 6) is 0.0409. The van der Waals surface area contributed by atoms with Gasteiger partial charge in [-0.15, -0.1) is 0 Å². The van der Waals surface area contributed by atoms with Crippen LogP contribution in [0.5, 0.6) is 0 Å². The van der Waals surface area contributed by atoms with Crippen LogP contribution in [0.2, 0.25) is 0 Å². The first kappa shape index (κ1) is 13.6. The van der Waals surface area contributed by atoms with Gasteiger partial charge in [0.25, 0.3) is 0 Å². The van der Waals surface area contributed by atoms with Crippen LogP contribution in [0, 0.1) is 16.7 Å². The number of amides is 1. The quantitative estimate of drug-likeness (QED) is 0.873. The lowest BCUT2D eigenvalue weighted by atomic mass is 9.76. The number of rotatable bonds is 3. The van der Waals surface area contributed by atoms with E-state index in [0.29, 0.717) is 11.3 Å². The fourth-order valence-corrected chi connectivity index (χ4v) is 2.59. The van der Waals surface area contributed by atoms with Gasteiger partial charge in [0.15, 0.2) is 0 Å². The van der Waals surface area contributed by atoms with Crippen molar-refractivity contribution < 1.29 is 4.79 Å². The summed E-state index contributed by atoms with van der Waals surface area (Å²) in [4.78, 5) is 12.5. The average Bonchev–Trinajstić information content (AvgIpc) is 2.48. The highest BCUT2D eigenvalue weighted by atomic mass is 16.2. The average molecular weight is 257 g/mol. The summed E-state index contributed by atoms with van der Waals surface area (Å²) in [5, 5.41) is 15.3. The Hall–Kier alpha value is -1.86. The molecule has 100 valence electrons. The van der Waals surface area contributed by atoms with Crippen LogP contribution in [0.3, 0.4) is 0 Å². The molecule has 0 spiro atoms. The van der Waals surface area contributed by atoms with Crippen molar-refractivity contribution in [2.45, 2.75) is 26.2 Å². The van der Waals surface area contributed by atoms with Gasteiger partial charge in [0.1, 0.15) is 6.07 Å². The predicted octanol–water partition coefficient (Wildman–Crippen LogP) is 2.28. The number of piperidine rings is 1. The van der Waals surface area contributed by atoms with Crippen LogP contribution in [0.25, 0.3) is 0 Å². The summed E-state index contributed by atoms with van der Waals surface area (Å²) in [6, 6.07) is 9.24. The molecule has 0 aromatic heterocycles. The maximum absolute atomic E-state index is 12.5. The minimum Gasteiger partial charge on any atom is -0.324 e. The highest BCUT2D eigenvalue weighted by Crippen LogP contribution is 2.34. The molecule has 0 radical (unpaired) electrons. The zero-order chi connectivity index (χ0) is 13.7. The molecule has 1 aromatic rings. The lowest BCUT2D eigenvalue weighted by molar-refractivity contribution is -0.127. The van der Waals surface area contributed by atoms with E-state index in [9.17, 15) is 4.79 Å². The van der Waals surface area contributed by atoms with Crippen LogP contribution in [0.1, 0.15) is 31.7 Å².